The smallest absolute Gasteiger partial charge is 0.273 e. The van der Waals surface area contributed by atoms with Gasteiger partial charge in [-0.2, -0.15) is 0 Å². The SMILES string of the molecule is COc1cc([N+](=O)[O-])ccc1CC(C)(C)CN. The molecule has 1 aromatic rings. The first-order chi connectivity index (χ1) is 7.89. The first kappa shape index (κ1) is 13.4. The van der Waals surface area contributed by atoms with Crippen LogP contribution in [0.25, 0.3) is 0 Å². The Balaban J connectivity index is 3.05. The fourth-order valence-corrected chi connectivity index (χ4v) is 1.58. The predicted molar refractivity (Wildman–Crippen MR) is 66.2 cm³/mol. The third kappa shape index (κ3) is 3.42. The van der Waals surface area contributed by atoms with Gasteiger partial charge in [0.2, 0.25) is 0 Å². The summed E-state index contributed by atoms with van der Waals surface area (Å²) in [6.07, 6.45) is 0.727. The maximum Gasteiger partial charge on any atom is 0.273 e. The van der Waals surface area contributed by atoms with Gasteiger partial charge in [-0.25, -0.2) is 0 Å². The Morgan fingerprint density at radius 1 is 1.47 bits per heavy atom. The maximum atomic E-state index is 10.7. The molecule has 0 aliphatic rings. The number of nitro groups is 1. The maximum absolute atomic E-state index is 10.7. The summed E-state index contributed by atoms with van der Waals surface area (Å²) in [5.41, 5.74) is 6.60. The van der Waals surface area contributed by atoms with Crippen LogP contribution in [-0.2, 0) is 6.42 Å². The van der Waals surface area contributed by atoms with Gasteiger partial charge in [0, 0.05) is 6.07 Å². The van der Waals surface area contributed by atoms with Gasteiger partial charge >= 0.3 is 0 Å². The van der Waals surface area contributed by atoms with Crippen molar-refractivity contribution in [1.29, 1.82) is 0 Å². The summed E-state index contributed by atoms with van der Waals surface area (Å²) < 4.78 is 5.18. The van der Waals surface area contributed by atoms with Crippen molar-refractivity contribution < 1.29 is 9.66 Å². The number of nitrogens with two attached hydrogens (primary N) is 1. The van der Waals surface area contributed by atoms with Crippen LogP contribution < -0.4 is 10.5 Å². The van der Waals surface area contributed by atoms with Crippen molar-refractivity contribution in [2.45, 2.75) is 20.3 Å². The van der Waals surface area contributed by atoms with E-state index in [1.165, 1.54) is 19.2 Å². The van der Waals surface area contributed by atoms with Crippen molar-refractivity contribution in [3.8, 4) is 5.75 Å². The lowest BCUT2D eigenvalue weighted by atomic mass is 9.85. The molecule has 0 amide bonds. The van der Waals surface area contributed by atoms with Gasteiger partial charge < -0.3 is 10.5 Å². The van der Waals surface area contributed by atoms with E-state index in [0.717, 1.165) is 12.0 Å². The van der Waals surface area contributed by atoms with Crippen LogP contribution in [0.3, 0.4) is 0 Å². The van der Waals surface area contributed by atoms with Crippen LogP contribution in [0.2, 0.25) is 0 Å². The second-order valence-corrected chi connectivity index (χ2v) is 4.80. The molecule has 0 aliphatic heterocycles. The van der Waals surface area contributed by atoms with Gasteiger partial charge in [0.25, 0.3) is 5.69 Å². The molecular formula is C12H18N2O3. The number of methoxy groups -OCH3 is 1. The number of non-ortho nitro benzene ring substituents is 1. The largest absolute Gasteiger partial charge is 0.496 e. The average molecular weight is 238 g/mol. The Labute approximate surface area is 101 Å². The van der Waals surface area contributed by atoms with Gasteiger partial charge in [0.05, 0.1) is 18.1 Å². The molecule has 0 radical (unpaired) electrons. The molecule has 0 spiro atoms. The second kappa shape index (κ2) is 5.14. The molecule has 0 unspecified atom stereocenters. The molecule has 0 aliphatic carbocycles. The van der Waals surface area contributed by atoms with E-state index in [4.69, 9.17) is 10.5 Å². The quantitative estimate of drug-likeness (QED) is 0.629. The van der Waals surface area contributed by atoms with Crippen LogP contribution in [0.15, 0.2) is 18.2 Å². The van der Waals surface area contributed by atoms with Crippen molar-refractivity contribution in [1.82, 2.24) is 0 Å². The van der Waals surface area contributed by atoms with Crippen LogP contribution in [0.5, 0.6) is 5.75 Å². The number of benzene rings is 1. The summed E-state index contributed by atoms with van der Waals surface area (Å²) in [5.74, 6) is 0.542. The number of rotatable bonds is 5. The Bertz CT molecular complexity index is 416. The van der Waals surface area contributed by atoms with Crippen molar-refractivity contribution >= 4 is 5.69 Å². The Morgan fingerprint density at radius 3 is 2.59 bits per heavy atom. The van der Waals surface area contributed by atoms with E-state index in [1.54, 1.807) is 6.07 Å². The third-order valence-corrected chi connectivity index (χ3v) is 2.70. The number of nitro benzene ring substituents is 1. The molecule has 1 rings (SSSR count). The highest BCUT2D eigenvalue weighted by molar-refractivity contribution is 5.44. The first-order valence-electron chi connectivity index (χ1n) is 5.41. The van der Waals surface area contributed by atoms with E-state index in [9.17, 15) is 10.1 Å². The van der Waals surface area contributed by atoms with E-state index in [-0.39, 0.29) is 11.1 Å². The normalized spacial score (nSPS) is 11.3. The highest BCUT2D eigenvalue weighted by atomic mass is 16.6. The van der Waals surface area contributed by atoms with E-state index in [1.807, 2.05) is 13.8 Å². The minimum atomic E-state index is -0.430. The number of nitrogens with zero attached hydrogens (tertiary/aromatic N) is 1. The Morgan fingerprint density at radius 2 is 2.12 bits per heavy atom. The fourth-order valence-electron chi connectivity index (χ4n) is 1.58. The van der Waals surface area contributed by atoms with Crippen LogP contribution in [0.1, 0.15) is 19.4 Å². The Hall–Kier alpha value is -1.62. The highest BCUT2D eigenvalue weighted by Gasteiger charge is 2.20. The van der Waals surface area contributed by atoms with Crippen LogP contribution in [0, 0.1) is 15.5 Å². The molecule has 0 saturated carbocycles. The van der Waals surface area contributed by atoms with E-state index >= 15 is 0 Å². The molecule has 17 heavy (non-hydrogen) atoms. The highest BCUT2D eigenvalue weighted by Crippen LogP contribution is 2.30. The number of hydrogen-bond donors (Lipinski definition) is 1. The molecule has 0 bridgehead atoms. The summed E-state index contributed by atoms with van der Waals surface area (Å²) in [7, 11) is 1.51. The van der Waals surface area contributed by atoms with Gasteiger partial charge in [-0.1, -0.05) is 13.8 Å². The van der Waals surface area contributed by atoms with Crippen LogP contribution in [-0.4, -0.2) is 18.6 Å². The lowest BCUT2D eigenvalue weighted by Gasteiger charge is -2.23. The second-order valence-electron chi connectivity index (χ2n) is 4.80. The third-order valence-electron chi connectivity index (χ3n) is 2.70. The molecule has 0 fully saturated rings. The summed E-state index contributed by atoms with van der Waals surface area (Å²) in [4.78, 5) is 10.2. The molecule has 94 valence electrons. The van der Waals surface area contributed by atoms with Crippen LogP contribution in [0.4, 0.5) is 5.69 Å². The molecule has 1 aromatic carbocycles. The van der Waals surface area contributed by atoms with Gasteiger partial charge in [-0.15, -0.1) is 0 Å². The summed E-state index contributed by atoms with van der Waals surface area (Å²) in [5, 5.41) is 10.7. The summed E-state index contributed by atoms with van der Waals surface area (Å²) in [6, 6.07) is 4.67. The van der Waals surface area contributed by atoms with E-state index in [2.05, 4.69) is 0 Å². The fraction of sp³-hybridized carbons (Fsp3) is 0.500. The number of ether oxygens (including phenoxy) is 1. The molecule has 2 N–H and O–H groups in total. The molecule has 0 saturated heterocycles. The average Bonchev–Trinajstić information content (AvgIpc) is 2.29. The van der Waals surface area contributed by atoms with Gasteiger partial charge in [-0.05, 0) is 30.0 Å². The minimum Gasteiger partial charge on any atom is -0.496 e. The Kier molecular flexibility index (Phi) is 4.07. The molecule has 5 nitrogen and oxygen atoms in total. The van der Waals surface area contributed by atoms with Crippen LogP contribution >= 0.6 is 0 Å². The lowest BCUT2D eigenvalue weighted by Crippen LogP contribution is -2.26. The van der Waals surface area contributed by atoms with Crippen molar-refractivity contribution in [3.05, 3.63) is 33.9 Å². The minimum absolute atomic E-state index is 0.0381. The standard InChI is InChI=1S/C12H18N2O3/c1-12(2,8-13)7-9-4-5-10(14(15)16)6-11(9)17-3/h4-6H,7-8,13H2,1-3H3. The zero-order valence-corrected chi connectivity index (χ0v) is 10.4. The molecule has 0 heterocycles. The summed E-state index contributed by atoms with van der Waals surface area (Å²) >= 11 is 0. The first-order valence-corrected chi connectivity index (χ1v) is 5.41. The summed E-state index contributed by atoms with van der Waals surface area (Å²) in [6.45, 7) is 4.65. The topological polar surface area (TPSA) is 78.4 Å². The van der Waals surface area contributed by atoms with E-state index in [0.29, 0.717) is 12.3 Å². The van der Waals surface area contributed by atoms with E-state index < -0.39 is 4.92 Å². The zero-order chi connectivity index (χ0) is 13.1. The number of hydrogen-bond acceptors (Lipinski definition) is 4. The lowest BCUT2D eigenvalue weighted by molar-refractivity contribution is -0.384. The van der Waals surface area contributed by atoms with Crippen molar-refractivity contribution in [2.75, 3.05) is 13.7 Å². The molecule has 5 heteroatoms. The molecular weight excluding hydrogens is 220 g/mol. The predicted octanol–water partition coefficient (Wildman–Crippen LogP) is 2.13. The monoisotopic (exact) mass is 238 g/mol. The molecule has 0 aromatic heterocycles. The zero-order valence-electron chi connectivity index (χ0n) is 10.4. The molecule has 0 atom stereocenters. The van der Waals surface area contributed by atoms with Crippen molar-refractivity contribution in [2.24, 2.45) is 11.1 Å². The van der Waals surface area contributed by atoms with Gasteiger partial charge in [0.1, 0.15) is 5.75 Å². The van der Waals surface area contributed by atoms with Crippen molar-refractivity contribution in [3.63, 3.8) is 0 Å². The van der Waals surface area contributed by atoms with Gasteiger partial charge in [-0.3, -0.25) is 10.1 Å². The van der Waals surface area contributed by atoms with Gasteiger partial charge in [0.15, 0.2) is 0 Å².